The number of rotatable bonds is 12. The molecule has 1 saturated heterocycles. The first-order valence-electron chi connectivity index (χ1n) is 15.1. The van der Waals surface area contributed by atoms with Crippen LogP contribution in [-0.2, 0) is 12.7 Å². The number of ether oxygens (including phenoxy) is 1. The molecule has 0 amide bonds. The Morgan fingerprint density at radius 2 is 1.47 bits per heavy atom. The minimum atomic E-state index is -4.52. The van der Waals surface area contributed by atoms with Crippen LogP contribution in [0.4, 0.5) is 18.9 Å². The van der Waals surface area contributed by atoms with Crippen molar-refractivity contribution in [2.75, 3.05) is 50.8 Å². The first kappa shape index (κ1) is 34.6. The average Bonchev–Trinajstić information content (AvgIpc) is 3.04. The van der Waals surface area contributed by atoms with Crippen molar-refractivity contribution in [1.29, 1.82) is 0 Å². The van der Waals surface area contributed by atoms with Gasteiger partial charge in [-0.25, -0.2) is 0 Å². The van der Waals surface area contributed by atoms with Gasteiger partial charge in [-0.05, 0) is 34.9 Å². The molecule has 4 aromatic carbocycles. The standard InChI is InChI=1S/C36H39ClF3N3O.ClH/c1-27(26-44-32-16-9-15-31(22-32)43-20-18-41-19-21-43)23-42(24-30-14-8-17-34(35(30)37)36(38,39)40)25-33(28-10-4-2-5-11-28)29-12-6-3-7-13-29;/h2-17,22,27,33,41H,18-21,23-26H2,1H3;1H. The summed E-state index contributed by atoms with van der Waals surface area (Å²) in [5, 5.41) is 3.14. The second kappa shape index (κ2) is 16.4. The highest BCUT2D eigenvalue weighted by Gasteiger charge is 2.34. The van der Waals surface area contributed by atoms with E-state index in [0.29, 0.717) is 25.3 Å². The molecule has 0 spiro atoms. The number of piperazine rings is 1. The molecule has 1 N–H and O–H groups in total. The lowest BCUT2D eigenvalue weighted by Gasteiger charge is -2.31. The van der Waals surface area contributed by atoms with Gasteiger partial charge in [0, 0.05) is 69.4 Å². The van der Waals surface area contributed by atoms with E-state index in [2.05, 4.69) is 58.4 Å². The average molecular weight is 659 g/mol. The first-order chi connectivity index (χ1) is 21.3. The van der Waals surface area contributed by atoms with Gasteiger partial charge in [0.25, 0.3) is 0 Å². The molecule has 5 rings (SSSR count). The fourth-order valence-corrected chi connectivity index (χ4v) is 6.12. The first-order valence-corrected chi connectivity index (χ1v) is 15.5. The van der Waals surface area contributed by atoms with Crippen LogP contribution in [-0.4, -0.2) is 50.8 Å². The SMILES string of the molecule is CC(COc1cccc(N2CCNCC2)c1)CN(Cc1cccc(C(F)(F)F)c1Cl)CC(c1ccccc1)c1ccccc1.Cl. The van der Waals surface area contributed by atoms with Gasteiger partial charge in [-0.3, -0.25) is 4.90 Å². The summed E-state index contributed by atoms with van der Waals surface area (Å²) in [7, 11) is 0. The molecule has 1 unspecified atom stereocenters. The molecule has 1 heterocycles. The van der Waals surface area contributed by atoms with Crippen LogP contribution in [0.2, 0.25) is 5.02 Å². The Morgan fingerprint density at radius 3 is 2.09 bits per heavy atom. The van der Waals surface area contributed by atoms with E-state index in [9.17, 15) is 13.2 Å². The molecule has 0 bridgehead atoms. The quantitative estimate of drug-likeness (QED) is 0.165. The van der Waals surface area contributed by atoms with E-state index in [1.165, 1.54) is 6.07 Å². The highest BCUT2D eigenvalue weighted by Crippen LogP contribution is 2.37. The zero-order chi connectivity index (χ0) is 30.9. The van der Waals surface area contributed by atoms with Crippen LogP contribution >= 0.6 is 24.0 Å². The van der Waals surface area contributed by atoms with Crippen molar-refractivity contribution in [3.05, 3.63) is 130 Å². The smallest absolute Gasteiger partial charge is 0.417 e. The lowest BCUT2D eigenvalue weighted by Crippen LogP contribution is -2.43. The second-order valence-corrected chi connectivity index (χ2v) is 11.9. The minimum absolute atomic E-state index is 0. The molecule has 4 aromatic rings. The minimum Gasteiger partial charge on any atom is -0.493 e. The monoisotopic (exact) mass is 657 g/mol. The third-order valence-corrected chi connectivity index (χ3v) is 8.47. The number of nitrogens with zero attached hydrogens (tertiary/aromatic N) is 2. The molecule has 4 nitrogen and oxygen atoms in total. The van der Waals surface area contributed by atoms with Crippen molar-refractivity contribution in [3.63, 3.8) is 0 Å². The van der Waals surface area contributed by atoms with Crippen LogP contribution in [0.25, 0.3) is 0 Å². The van der Waals surface area contributed by atoms with Crippen molar-refractivity contribution in [2.24, 2.45) is 5.92 Å². The largest absolute Gasteiger partial charge is 0.493 e. The summed E-state index contributed by atoms with van der Waals surface area (Å²) in [5.74, 6) is 0.923. The van der Waals surface area contributed by atoms with Crippen molar-refractivity contribution < 1.29 is 17.9 Å². The zero-order valence-corrected chi connectivity index (χ0v) is 26.9. The van der Waals surface area contributed by atoms with E-state index in [0.717, 1.165) is 54.8 Å². The van der Waals surface area contributed by atoms with Crippen molar-refractivity contribution in [2.45, 2.75) is 25.6 Å². The molecule has 240 valence electrons. The predicted octanol–water partition coefficient (Wildman–Crippen LogP) is 8.54. The van der Waals surface area contributed by atoms with Crippen LogP contribution in [0.3, 0.4) is 0 Å². The Morgan fingerprint density at radius 1 is 0.844 bits per heavy atom. The van der Waals surface area contributed by atoms with Crippen LogP contribution in [0, 0.1) is 5.92 Å². The summed E-state index contributed by atoms with van der Waals surface area (Å²) < 4.78 is 47.4. The van der Waals surface area contributed by atoms with Gasteiger partial charge in [0.1, 0.15) is 5.75 Å². The van der Waals surface area contributed by atoms with E-state index in [1.807, 2.05) is 48.5 Å². The molecule has 0 saturated carbocycles. The number of alkyl halides is 3. The molecule has 1 aliphatic rings. The summed E-state index contributed by atoms with van der Waals surface area (Å²) in [4.78, 5) is 4.55. The van der Waals surface area contributed by atoms with Crippen molar-refractivity contribution in [3.8, 4) is 5.75 Å². The van der Waals surface area contributed by atoms with Crippen molar-refractivity contribution >= 4 is 29.7 Å². The zero-order valence-electron chi connectivity index (χ0n) is 25.3. The van der Waals surface area contributed by atoms with Gasteiger partial charge in [-0.2, -0.15) is 13.2 Å². The lowest BCUT2D eigenvalue weighted by atomic mass is 9.90. The predicted molar refractivity (Wildman–Crippen MR) is 180 cm³/mol. The van der Waals surface area contributed by atoms with Crippen LogP contribution < -0.4 is 15.0 Å². The number of hydrogen-bond acceptors (Lipinski definition) is 4. The summed E-state index contributed by atoms with van der Waals surface area (Å²) in [6.45, 7) is 7.90. The highest BCUT2D eigenvalue weighted by molar-refractivity contribution is 6.32. The van der Waals surface area contributed by atoms with E-state index in [4.69, 9.17) is 16.3 Å². The maximum Gasteiger partial charge on any atom is 0.417 e. The van der Waals surface area contributed by atoms with E-state index >= 15 is 0 Å². The Kier molecular flexibility index (Phi) is 12.6. The Hall–Kier alpha value is -3.23. The highest BCUT2D eigenvalue weighted by atomic mass is 35.5. The van der Waals surface area contributed by atoms with Gasteiger partial charge in [0.15, 0.2) is 0 Å². The molecule has 9 heteroatoms. The summed E-state index contributed by atoms with van der Waals surface area (Å²) in [6.07, 6.45) is -4.52. The molecule has 1 aliphatic heterocycles. The topological polar surface area (TPSA) is 27.7 Å². The van der Waals surface area contributed by atoms with Gasteiger partial charge >= 0.3 is 6.18 Å². The fourth-order valence-electron chi connectivity index (χ4n) is 5.82. The molecular weight excluding hydrogens is 618 g/mol. The molecule has 45 heavy (non-hydrogen) atoms. The molecule has 0 radical (unpaired) electrons. The molecule has 1 fully saturated rings. The Bertz CT molecular complexity index is 1430. The fraction of sp³-hybridized carbons (Fsp3) is 0.333. The summed E-state index contributed by atoms with van der Waals surface area (Å²) in [6, 6.07) is 32.8. The number of halogens is 5. The maximum absolute atomic E-state index is 13.7. The van der Waals surface area contributed by atoms with E-state index in [-0.39, 0.29) is 35.8 Å². The number of nitrogens with one attached hydrogen (secondary N) is 1. The normalized spacial score (nSPS) is 14.3. The van der Waals surface area contributed by atoms with Gasteiger partial charge in [0.05, 0.1) is 17.2 Å². The van der Waals surface area contributed by atoms with Gasteiger partial charge in [-0.1, -0.05) is 97.4 Å². The second-order valence-electron chi connectivity index (χ2n) is 11.5. The Labute approximate surface area is 275 Å². The van der Waals surface area contributed by atoms with Crippen molar-refractivity contribution in [1.82, 2.24) is 10.2 Å². The van der Waals surface area contributed by atoms with Crippen LogP contribution in [0.5, 0.6) is 5.75 Å². The molecule has 0 aliphatic carbocycles. The van der Waals surface area contributed by atoms with Gasteiger partial charge in [-0.15, -0.1) is 12.4 Å². The van der Waals surface area contributed by atoms with Gasteiger partial charge in [0.2, 0.25) is 0 Å². The summed E-state index contributed by atoms with van der Waals surface area (Å²) >= 11 is 6.39. The number of hydrogen-bond donors (Lipinski definition) is 1. The lowest BCUT2D eigenvalue weighted by molar-refractivity contribution is -0.137. The summed E-state index contributed by atoms with van der Waals surface area (Å²) in [5.41, 5.74) is 3.09. The molecule has 1 atom stereocenters. The van der Waals surface area contributed by atoms with Gasteiger partial charge < -0.3 is 15.0 Å². The third kappa shape index (κ3) is 9.63. The number of benzene rings is 4. The maximum atomic E-state index is 13.7. The third-order valence-electron chi connectivity index (χ3n) is 8.03. The Balaban J connectivity index is 0.00000461. The van der Waals surface area contributed by atoms with E-state index < -0.39 is 11.7 Å². The van der Waals surface area contributed by atoms with Crippen LogP contribution in [0.1, 0.15) is 35.1 Å². The molecular formula is C36H40Cl2F3N3O. The number of anilines is 1. The van der Waals surface area contributed by atoms with Crippen LogP contribution in [0.15, 0.2) is 103 Å². The van der Waals surface area contributed by atoms with E-state index in [1.54, 1.807) is 6.07 Å². The molecule has 0 aromatic heterocycles.